The third-order valence-electron chi connectivity index (χ3n) is 6.28. The van der Waals surface area contributed by atoms with E-state index in [1.54, 1.807) is 6.07 Å². The van der Waals surface area contributed by atoms with E-state index in [0.29, 0.717) is 17.6 Å². The minimum atomic E-state index is -0.487. The Morgan fingerprint density at radius 1 is 1.06 bits per heavy atom. The molecule has 2 heterocycles. The summed E-state index contributed by atoms with van der Waals surface area (Å²) in [6.45, 7) is 4.98. The molecular weight excluding hydrogens is 440 g/mol. The van der Waals surface area contributed by atoms with Gasteiger partial charge in [-0.3, -0.25) is 9.59 Å². The minimum Gasteiger partial charge on any atom is -0.457 e. The largest absolute Gasteiger partial charge is 0.457 e. The lowest BCUT2D eigenvalue weighted by molar-refractivity contribution is -0.117. The van der Waals surface area contributed by atoms with Gasteiger partial charge < -0.3 is 25.7 Å². The number of primary amides is 1. The van der Waals surface area contributed by atoms with E-state index in [1.165, 1.54) is 6.08 Å². The lowest BCUT2D eigenvalue weighted by atomic mass is 10.0. The molecule has 0 saturated carbocycles. The van der Waals surface area contributed by atoms with Crippen LogP contribution in [0.2, 0.25) is 0 Å². The number of nitrogens with one attached hydrogen (secondary N) is 2. The Morgan fingerprint density at radius 2 is 1.80 bits per heavy atom. The Kier molecular flexibility index (Phi) is 5.97. The zero-order valence-electron chi connectivity index (χ0n) is 19.2. The van der Waals surface area contributed by atoms with E-state index >= 15 is 0 Å². The summed E-state index contributed by atoms with van der Waals surface area (Å²) in [5.41, 5.74) is 9.74. The molecule has 5 rings (SSSR count). The minimum absolute atomic E-state index is 0.0307. The highest BCUT2D eigenvalue weighted by atomic mass is 16.5. The fourth-order valence-electron chi connectivity index (χ4n) is 4.61. The van der Waals surface area contributed by atoms with Crippen molar-refractivity contribution >= 4 is 28.4 Å². The molecule has 3 aromatic carbocycles. The first-order chi connectivity index (χ1) is 17.0. The SMILES string of the molecule is C=CC(=O)N[C@@H]1CCN(c2ccc(C(N)=O)c3[nH]cc(-c4ccc(Oc5ccccc5)cc4)c23)C1. The van der Waals surface area contributed by atoms with E-state index < -0.39 is 5.91 Å². The Bertz CT molecular complexity index is 1390. The maximum absolute atomic E-state index is 12.1. The molecule has 4 aromatic rings. The van der Waals surface area contributed by atoms with Crippen LogP contribution in [0.4, 0.5) is 5.69 Å². The first-order valence-corrected chi connectivity index (χ1v) is 11.5. The number of amides is 2. The molecule has 2 amide bonds. The number of aromatic nitrogens is 1. The number of para-hydroxylation sites is 1. The van der Waals surface area contributed by atoms with E-state index in [0.717, 1.165) is 46.7 Å². The number of anilines is 1. The van der Waals surface area contributed by atoms with Crippen molar-refractivity contribution < 1.29 is 14.3 Å². The molecule has 1 saturated heterocycles. The van der Waals surface area contributed by atoms with Gasteiger partial charge in [0.15, 0.2) is 0 Å². The lowest BCUT2D eigenvalue weighted by Gasteiger charge is -2.21. The van der Waals surface area contributed by atoms with Crippen molar-refractivity contribution in [2.24, 2.45) is 5.73 Å². The summed E-state index contributed by atoms with van der Waals surface area (Å²) in [5.74, 6) is 0.844. The number of carbonyl (C=O) groups is 2. The predicted molar refractivity (Wildman–Crippen MR) is 138 cm³/mol. The van der Waals surface area contributed by atoms with Gasteiger partial charge in [-0.2, -0.15) is 0 Å². The normalized spacial score (nSPS) is 15.2. The summed E-state index contributed by atoms with van der Waals surface area (Å²) in [7, 11) is 0. The van der Waals surface area contributed by atoms with Crippen LogP contribution >= 0.6 is 0 Å². The highest BCUT2D eigenvalue weighted by Gasteiger charge is 2.27. The molecule has 0 aliphatic carbocycles. The number of fused-ring (bicyclic) bond motifs is 1. The van der Waals surface area contributed by atoms with Gasteiger partial charge in [0.1, 0.15) is 11.5 Å². The van der Waals surface area contributed by atoms with Crippen molar-refractivity contribution in [3.8, 4) is 22.6 Å². The van der Waals surface area contributed by atoms with Crippen LogP contribution in [0.1, 0.15) is 16.8 Å². The number of nitrogens with zero attached hydrogens (tertiary/aromatic N) is 1. The van der Waals surface area contributed by atoms with Crippen LogP contribution in [0.5, 0.6) is 11.5 Å². The highest BCUT2D eigenvalue weighted by molar-refractivity contribution is 6.13. The van der Waals surface area contributed by atoms with Gasteiger partial charge in [0.2, 0.25) is 5.91 Å². The van der Waals surface area contributed by atoms with E-state index in [4.69, 9.17) is 10.5 Å². The van der Waals surface area contributed by atoms with Gasteiger partial charge in [-0.1, -0.05) is 36.9 Å². The highest BCUT2D eigenvalue weighted by Crippen LogP contribution is 2.39. The molecule has 7 nitrogen and oxygen atoms in total. The molecule has 0 unspecified atom stereocenters. The molecule has 1 aliphatic heterocycles. The average molecular weight is 467 g/mol. The van der Waals surface area contributed by atoms with Crippen molar-refractivity contribution in [1.82, 2.24) is 10.3 Å². The van der Waals surface area contributed by atoms with Crippen LogP contribution in [0.3, 0.4) is 0 Å². The second-order valence-corrected chi connectivity index (χ2v) is 8.53. The number of H-pyrrole nitrogens is 1. The summed E-state index contributed by atoms with van der Waals surface area (Å²) in [6, 6.07) is 21.2. The maximum Gasteiger partial charge on any atom is 0.250 e. The van der Waals surface area contributed by atoms with Crippen molar-refractivity contribution in [3.05, 3.63) is 91.1 Å². The number of ether oxygens (including phenoxy) is 1. The predicted octanol–water partition coefficient (Wildman–Crippen LogP) is 4.61. The molecule has 1 atom stereocenters. The van der Waals surface area contributed by atoms with E-state index in [-0.39, 0.29) is 11.9 Å². The molecule has 4 N–H and O–H groups in total. The summed E-state index contributed by atoms with van der Waals surface area (Å²) < 4.78 is 5.93. The van der Waals surface area contributed by atoms with Crippen molar-refractivity contribution in [3.63, 3.8) is 0 Å². The molecule has 1 fully saturated rings. The third-order valence-corrected chi connectivity index (χ3v) is 6.28. The number of rotatable bonds is 7. The molecular formula is C28H26N4O3. The molecule has 7 heteroatoms. The number of aromatic amines is 1. The first-order valence-electron chi connectivity index (χ1n) is 11.5. The van der Waals surface area contributed by atoms with Gasteiger partial charge in [-0.25, -0.2) is 0 Å². The monoisotopic (exact) mass is 466 g/mol. The zero-order chi connectivity index (χ0) is 24.4. The summed E-state index contributed by atoms with van der Waals surface area (Å²) in [6.07, 6.45) is 4.02. The van der Waals surface area contributed by atoms with Crippen molar-refractivity contribution in [1.29, 1.82) is 0 Å². The number of hydrogen-bond donors (Lipinski definition) is 3. The second kappa shape index (κ2) is 9.38. The van der Waals surface area contributed by atoms with Gasteiger partial charge in [-0.15, -0.1) is 0 Å². The summed E-state index contributed by atoms with van der Waals surface area (Å²) in [4.78, 5) is 29.4. The summed E-state index contributed by atoms with van der Waals surface area (Å²) in [5, 5.41) is 3.90. The topological polar surface area (TPSA) is 100 Å². The van der Waals surface area contributed by atoms with Gasteiger partial charge in [0, 0.05) is 42.0 Å². The zero-order valence-corrected chi connectivity index (χ0v) is 19.2. The fourth-order valence-corrected chi connectivity index (χ4v) is 4.61. The van der Waals surface area contributed by atoms with Gasteiger partial charge >= 0.3 is 0 Å². The Labute approximate surface area is 203 Å². The summed E-state index contributed by atoms with van der Waals surface area (Å²) >= 11 is 0. The van der Waals surface area contributed by atoms with E-state index in [2.05, 4.69) is 21.8 Å². The molecule has 35 heavy (non-hydrogen) atoms. The fraction of sp³-hybridized carbons (Fsp3) is 0.143. The Balaban J connectivity index is 1.50. The Hall–Kier alpha value is -4.52. The molecule has 0 bridgehead atoms. The molecule has 1 aromatic heterocycles. The smallest absolute Gasteiger partial charge is 0.250 e. The third kappa shape index (κ3) is 4.48. The molecule has 0 spiro atoms. The van der Waals surface area contributed by atoms with Gasteiger partial charge in [-0.05, 0) is 54.5 Å². The molecule has 1 aliphatic rings. The quantitative estimate of drug-likeness (QED) is 0.346. The number of nitrogens with two attached hydrogens (primary N) is 1. The van der Waals surface area contributed by atoms with E-state index in [9.17, 15) is 9.59 Å². The van der Waals surface area contributed by atoms with Gasteiger partial charge in [0.25, 0.3) is 5.91 Å². The first kappa shape index (κ1) is 22.3. The van der Waals surface area contributed by atoms with Crippen LogP contribution in [0, 0.1) is 0 Å². The Morgan fingerprint density at radius 3 is 2.51 bits per heavy atom. The van der Waals surface area contributed by atoms with Crippen LogP contribution in [-0.2, 0) is 4.79 Å². The van der Waals surface area contributed by atoms with Crippen molar-refractivity contribution in [2.45, 2.75) is 12.5 Å². The standard InChI is InChI=1S/C28H26N4O3/c1-2-25(33)31-19-14-15-32(17-19)24-13-12-22(28(29)34)27-26(24)23(16-30-27)18-8-10-21(11-9-18)35-20-6-4-3-5-7-20/h2-13,16,19,30H,1,14-15,17H2,(H2,29,34)(H,31,33)/t19-/m1/s1. The van der Waals surface area contributed by atoms with Crippen molar-refractivity contribution in [2.75, 3.05) is 18.0 Å². The number of hydrogen-bond acceptors (Lipinski definition) is 4. The van der Waals surface area contributed by atoms with Gasteiger partial charge in [0.05, 0.1) is 11.1 Å². The van der Waals surface area contributed by atoms with Crippen LogP contribution in [0.25, 0.3) is 22.0 Å². The molecule has 176 valence electrons. The number of benzene rings is 3. The van der Waals surface area contributed by atoms with E-state index in [1.807, 2.05) is 66.9 Å². The maximum atomic E-state index is 12.1. The number of carbonyl (C=O) groups excluding carboxylic acids is 2. The average Bonchev–Trinajstić information content (AvgIpc) is 3.52. The van der Waals surface area contributed by atoms with Crippen LogP contribution in [0.15, 0.2) is 85.6 Å². The molecule has 0 radical (unpaired) electrons. The van der Waals surface area contributed by atoms with Crippen LogP contribution < -0.4 is 20.7 Å². The lowest BCUT2D eigenvalue weighted by Crippen LogP contribution is -2.36. The van der Waals surface area contributed by atoms with Crippen LogP contribution in [-0.4, -0.2) is 35.9 Å². The second-order valence-electron chi connectivity index (χ2n) is 8.53.